The quantitative estimate of drug-likeness (QED) is 0.502. The Morgan fingerprint density at radius 1 is 1.18 bits per heavy atom. The number of hydrogen-bond donors (Lipinski definition) is 2. The van der Waals surface area contributed by atoms with Crippen LogP contribution in [0.15, 0.2) is 24.5 Å². The second-order valence-corrected chi connectivity index (χ2v) is 8.72. The van der Waals surface area contributed by atoms with Gasteiger partial charge in [0.05, 0.1) is 21.5 Å². The van der Waals surface area contributed by atoms with Crippen molar-refractivity contribution in [2.75, 3.05) is 5.32 Å². The van der Waals surface area contributed by atoms with Crippen LogP contribution in [-0.4, -0.2) is 25.3 Å². The Morgan fingerprint density at radius 2 is 1.96 bits per heavy atom. The van der Waals surface area contributed by atoms with Crippen LogP contribution in [0.4, 0.5) is 5.82 Å². The number of aliphatic hydroxyl groups is 1. The molecule has 0 unspecified atom stereocenters. The number of anilines is 1. The maximum Gasteiger partial charge on any atom is 0.149 e. The number of aryl methyl sites for hydroxylation is 2. The number of nitrogens with one attached hydrogen (secondary N) is 1. The summed E-state index contributed by atoms with van der Waals surface area (Å²) >= 11 is 7.95. The number of nitrogens with zero attached hydrogens (tertiary/aromatic N) is 4. The third-order valence-electron chi connectivity index (χ3n) is 4.87. The first kappa shape index (κ1) is 19.0. The molecule has 4 rings (SSSR count). The standard InChI is InChI=1S/C20H20ClN5OS/c1-10-11(2)25-26-19-15(10)16-17(28-19)18(24-9-23-16)22-8-12-5-6-13(7-14(12)21)20(3,4)27/h5-7,9,27H,8H2,1-4H3,(H,22,23,24). The van der Waals surface area contributed by atoms with Crippen LogP contribution in [0, 0.1) is 13.8 Å². The highest BCUT2D eigenvalue weighted by Crippen LogP contribution is 2.37. The second-order valence-electron chi connectivity index (χ2n) is 7.31. The molecule has 0 aliphatic rings. The number of thiophene rings is 1. The molecule has 0 saturated heterocycles. The lowest BCUT2D eigenvalue weighted by molar-refractivity contribution is 0.0786. The Kier molecular flexibility index (Phi) is 4.69. The highest BCUT2D eigenvalue weighted by molar-refractivity contribution is 7.25. The molecule has 3 aromatic heterocycles. The lowest BCUT2D eigenvalue weighted by Gasteiger charge is -2.19. The molecule has 144 valence electrons. The van der Waals surface area contributed by atoms with Crippen LogP contribution in [-0.2, 0) is 12.1 Å². The predicted octanol–water partition coefficient (Wildman–Crippen LogP) is 4.74. The molecule has 6 nitrogen and oxygen atoms in total. The minimum absolute atomic E-state index is 0.509. The number of halogens is 1. The molecule has 0 radical (unpaired) electrons. The van der Waals surface area contributed by atoms with Crippen molar-refractivity contribution < 1.29 is 5.11 Å². The van der Waals surface area contributed by atoms with Gasteiger partial charge < -0.3 is 10.4 Å². The summed E-state index contributed by atoms with van der Waals surface area (Å²) in [7, 11) is 0. The van der Waals surface area contributed by atoms with Crippen molar-refractivity contribution in [1.29, 1.82) is 0 Å². The zero-order chi connectivity index (χ0) is 20.1. The molecule has 8 heteroatoms. The summed E-state index contributed by atoms with van der Waals surface area (Å²) in [6.07, 6.45) is 1.56. The minimum Gasteiger partial charge on any atom is -0.386 e. The number of aromatic nitrogens is 4. The van der Waals surface area contributed by atoms with Crippen LogP contribution >= 0.6 is 22.9 Å². The van der Waals surface area contributed by atoms with E-state index in [1.165, 1.54) is 11.3 Å². The van der Waals surface area contributed by atoms with Crippen molar-refractivity contribution in [1.82, 2.24) is 20.2 Å². The summed E-state index contributed by atoms with van der Waals surface area (Å²) in [6, 6.07) is 5.61. The lowest BCUT2D eigenvalue weighted by Crippen LogP contribution is -2.15. The van der Waals surface area contributed by atoms with Crippen molar-refractivity contribution >= 4 is 49.2 Å². The van der Waals surface area contributed by atoms with Crippen LogP contribution in [0.1, 0.15) is 36.2 Å². The zero-order valence-electron chi connectivity index (χ0n) is 16.0. The van der Waals surface area contributed by atoms with Gasteiger partial charge in [0.15, 0.2) is 0 Å². The largest absolute Gasteiger partial charge is 0.386 e. The van der Waals surface area contributed by atoms with Crippen molar-refractivity contribution in [3.63, 3.8) is 0 Å². The van der Waals surface area contributed by atoms with E-state index in [-0.39, 0.29) is 0 Å². The number of fused-ring (bicyclic) bond motifs is 3. The van der Waals surface area contributed by atoms with Crippen LogP contribution in [0.25, 0.3) is 20.4 Å². The third-order valence-corrected chi connectivity index (χ3v) is 6.29. The first-order chi connectivity index (χ1) is 13.3. The van der Waals surface area contributed by atoms with Gasteiger partial charge in [0, 0.05) is 17.0 Å². The molecule has 0 bridgehead atoms. The lowest BCUT2D eigenvalue weighted by atomic mass is 9.97. The van der Waals surface area contributed by atoms with Crippen LogP contribution < -0.4 is 5.32 Å². The monoisotopic (exact) mass is 413 g/mol. The minimum atomic E-state index is -0.928. The summed E-state index contributed by atoms with van der Waals surface area (Å²) in [5, 5.41) is 23.7. The first-order valence-corrected chi connectivity index (χ1v) is 10.1. The fourth-order valence-corrected chi connectivity index (χ4v) is 4.41. The van der Waals surface area contributed by atoms with E-state index in [1.807, 2.05) is 26.0 Å². The van der Waals surface area contributed by atoms with E-state index in [0.717, 1.165) is 48.6 Å². The first-order valence-electron chi connectivity index (χ1n) is 8.88. The molecular formula is C20H20ClN5OS. The van der Waals surface area contributed by atoms with Crippen LogP contribution in [0.3, 0.4) is 0 Å². The topological polar surface area (TPSA) is 83.8 Å². The molecule has 1 aromatic carbocycles. The summed E-state index contributed by atoms with van der Waals surface area (Å²) in [5.41, 5.74) is 3.65. The Balaban J connectivity index is 1.69. The molecule has 0 aliphatic carbocycles. The summed E-state index contributed by atoms with van der Waals surface area (Å²) < 4.78 is 0.949. The van der Waals surface area contributed by atoms with Gasteiger partial charge in [0.1, 0.15) is 17.0 Å². The number of rotatable bonds is 4. The molecule has 0 fully saturated rings. The summed E-state index contributed by atoms with van der Waals surface area (Å²) in [4.78, 5) is 9.75. The van der Waals surface area contributed by atoms with Crippen molar-refractivity contribution in [3.8, 4) is 0 Å². The number of hydrogen-bond acceptors (Lipinski definition) is 7. The van der Waals surface area contributed by atoms with Crippen molar-refractivity contribution in [2.45, 2.75) is 39.8 Å². The van der Waals surface area contributed by atoms with E-state index in [4.69, 9.17) is 11.6 Å². The molecule has 0 atom stereocenters. The molecule has 0 spiro atoms. The molecule has 0 aliphatic heterocycles. The van der Waals surface area contributed by atoms with Gasteiger partial charge in [0.2, 0.25) is 0 Å². The van der Waals surface area contributed by atoms with Crippen LogP contribution in [0.5, 0.6) is 0 Å². The fourth-order valence-electron chi connectivity index (χ4n) is 3.06. The normalized spacial score (nSPS) is 12.1. The Labute approximate surface area is 171 Å². The van der Waals surface area contributed by atoms with Gasteiger partial charge in [-0.1, -0.05) is 23.7 Å². The van der Waals surface area contributed by atoms with E-state index in [9.17, 15) is 5.11 Å². The second kappa shape index (κ2) is 6.92. The smallest absolute Gasteiger partial charge is 0.149 e. The van der Waals surface area contributed by atoms with E-state index >= 15 is 0 Å². The Bertz CT molecular complexity index is 1200. The predicted molar refractivity (Wildman–Crippen MR) is 114 cm³/mol. The van der Waals surface area contributed by atoms with Crippen molar-refractivity contribution in [3.05, 3.63) is 51.9 Å². The molecule has 0 amide bonds. The SMILES string of the molecule is Cc1nnc2sc3c(NCc4ccc(C(C)(C)O)cc4Cl)ncnc3c2c1C. The maximum absolute atomic E-state index is 10.1. The summed E-state index contributed by atoms with van der Waals surface area (Å²) in [5.74, 6) is 0.743. The van der Waals surface area contributed by atoms with Gasteiger partial charge in [-0.15, -0.1) is 16.4 Å². The van der Waals surface area contributed by atoms with Gasteiger partial charge in [-0.25, -0.2) is 9.97 Å². The zero-order valence-corrected chi connectivity index (χ0v) is 17.6. The molecule has 0 saturated carbocycles. The highest BCUT2D eigenvalue weighted by atomic mass is 35.5. The van der Waals surface area contributed by atoms with Crippen molar-refractivity contribution in [2.24, 2.45) is 0 Å². The fraction of sp³-hybridized carbons (Fsp3) is 0.300. The van der Waals surface area contributed by atoms with Crippen LogP contribution in [0.2, 0.25) is 5.02 Å². The molecule has 28 heavy (non-hydrogen) atoms. The third kappa shape index (κ3) is 3.30. The molecular weight excluding hydrogens is 394 g/mol. The Morgan fingerprint density at radius 3 is 2.68 bits per heavy atom. The Hall–Kier alpha value is -2.35. The van der Waals surface area contributed by atoms with Gasteiger partial charge in [-0.2, -0.15) is 5.10 Å². The average Bonchev–Trinajstić information content (AvgIpc) is 3.03. The van der Waals surface area contributed by atoms with Gasteiger partial charge >= 0.3 is 0 Å². The van der Waals surface area contributed by atoms with E-state index < -0.39 is 5.60 Å². The number of benzene rings is 1. The van der Waals surface area contributed by atoms with E-state index in [0.29, 0.717) is 11.6 Å². The molecule has 2 N–H and O–H groups in total. The van der Waals surface area contributed by atoms with Gasteiger partial charge in [-0.3, -0.25) is 0 Å². The van der Waals surface area contributed by atoms with E-state index in [2.05, 4.69) is 25.5 Å². The molecule has 4 aromatic rings. The van der Waals surface area contributed by atoms with Gasteiger partial charge in [0.25, 0.3) is 0 Å². The average molecular weight is 414 g/mol. The highest BCUT2D eigenvalue weighted by Gasteiger charge is 2.18. The van der Waals surface area contributed by atoms with E-state index in [1.54, 1.807) is 26.2 Å². The maximum atomic E-state index is 10.1. The summed E-state index contributed by atoms with van der Waals surface area (Å²) in [6.45, 7) is 7.97. The molecule has 3 heterocycles. The van der Waals surface area contributed by atoms with Gasteiger partial charge in [-0.05, 0) is 50.5 Å².